The van der Waals surface area contributed by atoms with E-state index in [9.17, 15) is 4.79 Å². The number of hydrogen-bond acceptors (Lipinski definition) is 4. The Kier molecular flexibility index (Phi) is 4.71. The molecule has 3 rings (SSSR count). The summed E-state index contributed by atoms with van der Waals surface area (Å²) in [6.45, 7) is 11.0. The fraction of sp³-hybridized carbons (Fsp3) is 0.824. The van der Waals surface area contributed by atoms with Gasteiger partial charge in [-0.05, 0) is 24.7 Å². The summed E-state index contributed by atoms with van der Waals surface area (Å²) in [5.41, 5.74) is 0.225. The molecule has 1 aromatic rings. The van der Waals surface area contributed by atoms with E-state index in [-0.39, 0.29) is 5.41 Å². The molecule has 2 aliphatic heterocycles. The second-order valence-electron chi connectivity index (χ2n) is 8.02. The van der Waals surface area contributed by atoms with Crippen molar-refractivity contribution in [3.63, 3.8) is 0 Å². The number of aromatic nitrogens is 3. The Morgan fingerprint density at radius 1 is 1.22 bits per heavy atom. The number of carbonyl (C=O) groups is 1. The Balaban J connectivity index is 1.54. The van der Waals surface area contributed by atoms with Gasteiger partial charge in [-0.2, -0.15) is 0 Å². The average molecular weight is 319 g/mol. The maximum atomic E-state index is 12.4. The van der Waals surface area contributed by atoms with Gasteiger partial charge in [-0.25, -0.2) is 0 Å². The van der Waals surface area contributed by atoms with Gasteiger partial charge in [-0.15, -0.1) is 10.2 Å². The second-order valence-corrected chi connectivity index (χ2v) is 8.02. The molecular weight excluding hydrogens is 290 g/mol. The second kappa shape index (κ2) is 6.59. The fourth-order valence-corrected chi connectivity index (χ4v) is 3.44. The molecule has 0 aliphatic carbocycles. The normalized spacial score (nSPS) is 19.7. The Bertz CT molecular complexity index is 552. The van der Waals surface area contributed by atoms with Crippen molar-refractivity contribution in [2.75, 3.05) is 19.6 Å². The molecule has 1 amide bonds. The van der Waals surface area contributed by atoms with Crippen molar-refractivity contribution in [1.29, 1.82) is 0 Å². The lowest BCUT2D eigenvalue weighted by Gasteiger charge is -2.32. The van der Waals surface area contributed by atoms with Crippen molar-refractivity contribution < 1.29 is 4.79 Å². The van der Waals surface area contributed by atoms with E-state index in [1.807, 2.05) is 4.90 Å². The van der Waals surface area contributed by atoms with E-state index in [1.54, 1.807) is 0 Å². The number of fused-ring (bicyclic) bond motifs is 1. The minimum Gasteiger partial charge on any atom is -0.343 e. The molecule has 1 saturated heterocycles. The van der Waals surface area contributed by atoms with Crippen LogP contribution in [0.15, 0.2) is 0 Å². The number of nitrogens with zero attached hydrogens (tertiary/aromatic N) is 4. The van der Waals surface area contributed by atoms with Crippen LogP contribution in [-0.4, -0.2) is 45.2 Å². The quantitative estimate of drug-likeness (QED) is 0.924. The first kappa shape index (κ1) is 16.4. The third-order valence-corrected chi connectivity index (χ3v) is 4.95. The first-order valence-electron chi connectivity index (χ1n) is 8.84. The van der Waals surface area contributed by atoms with Crippen molar-refractivity contribution in [1.82, 2.24) is 25.0 Å². The Labute approximate surface area is 138 Å². The van der Waals surface area contributed by atoms with E-state index in [0.717, 1.165) is 63.6 Å². The summed E-state index contributed by atoms with van der Waals surface area (Å²) < 4.78 is 2.28. The van der Waals surface area contributed by atoms with Crippen LogP contribution in [0.4, 0.5) is 0 Å². The number of hydrogen-bond donors (Lipinski definition) is 1. The first-order chi connectivity index (χ1) is 10.9. The molecule has 0 saturated carbocycles. The van der Waals surface area contributed by atoms with Crippen LogP contribution in [0, 0.1) is 5.41 Å². The Morgan fingerprint density at radius 2 is 1.96 bits per heavy atom. The zero-order chi connectivity index (χ0) is 16.4. The van der Waals surface area contributed by atoms with E-state index in [1.165, 1.54) is 0 Å². The molecule has 0 unspecified atom stereocenters. The van der Waals surface area contributed by atoms with Crippen LogP contribution < -0.4 is 5.32 Å². The highest BCUT2D eigenvalue weighted by molar-refractivity contribution is 5.76. The van der Waals surface area contributed by atoms with Gasteiger partial charge in [0.05, 0.1) is 6.54 Å². The third-order valence-electron chi connectivity index (χ3n) is 4.95. The van der Waals surface area contributed by atoms with E-state index in [4.69, 9.17) is 0 Å². The maximum Gasteiger partial charge on any atom is 0.222 e. The van der Waals surface area contributed by atoms with Crippen LogP contribution in [0.25, 0.3) is 0 Å². The lowest BCUT2D eigenvalue weighted by atomic mass is 9.90. The van der Waals surface area contributed by atoms with Gasteiger partial charge in [0, 0.05) is 38.5 Å². The molecule has 6 nitrogen and oxygen atoms in total. The molecule has 1 aromatic heterocycles. The van der Waals surface area contributed by atoms with Crippen LogP contribution in [0.5, 0.6) is 0 Å². The fourth-order valence-electron chi connectivity index (χ4n) is 3.44. The van der Waals surface area contributed by atoms with Gasteiger partial charge in [0.1, 0.15) is 11.6 Å². The van der Waals surface area contributed by atoms with Gasteiger partial charge in [-0.3, -0.25) is 4.79 Å². The predicted molar refractivity (Wildman–Crippen MR) is 89.0 cm³/mol. The van der Waals surface area contributed by atoms with E-state index in [0.29, 0.717) is 18.2 Å². The smallest absolute Gasteiger partial charge is 0.222 e. The van der Waals surface area contributed by atoms with Crippen LogP contribution in [0.2, 0.25) is 0 Å². The van der Waals surface area contributed by atoms with Crippen LogP contribution >= 0.6 is 0 Å². The van der Waals surface area contributed by atoms with Crippen LogP contribution in [0.3, 0.4) is 0 Å². The largest absolute Gasteiger partial charge is 0.343 e. The predicted octanol–water partition coefficient (Wildman–Crippen LogP) is 1.91. The number of carbonyl (C=O) groups excluding carboxylic acids is 1. The maximum absolute atomic E-state index is 12.4. The summed E-state index contributed by atoms with van der Waals surface area (Å²) in [6, 6.07) is 0. The number of nitrogens with one attached hydrogen (secondary N) is 1. The summed E-state index contributed by atoms with van der Waals surface area (Å²) in [6.07, 6.45) is 3.64. The van der Waals surface area contributed by atoms with Gasteiger partial charge in [0.25, 0.3) is 0 Å². The number of likely N-dealkylation sites (tertiary alicyclic amines) is 1. The molecule has 3 heterocycles. The molecule has 2 aliphatic rings. The van der Waals surface area contributed by atoms with Crippen molar-refractivity contribution in [3.05, 3.63) is 11.6 Å². The highest BCUT2D eigenvalue weighted by Gasteiger charge is 2.29. The van der Waals surface area contributed by atoms with Crippen LogP contribution in [-0.2, 0) is 17.9 Å². The zero-order valence-electron chi connectivity index (χ0n) is 14.6. The molecule has 0 bridgehead atoms. The van der Waals surface area contributed by atoms with Crippen molar-refractivity contribution in [2.45, 2.75) is 65.5 Å². The third kappa shape index (κ3) is 3.91. The lowest BCUT2D eigenvalue weighted by molar-refractivity contribution is -0.132. The molecule has 0 spiro atoms. The number of amides is 1. The summed E-state index contributed by atoms with van der Waals surface area (Å²) in [7, 11) is 0. The van der Waals surface area contributed by atoms with E-state index < -0.39 is 0 Å². The molecule has 0 atom stereocenters. The van der Waals surface area contributed by atoms with Gasteiger partial charge in [0.15, 0.2) is 0 Å². The average Bonchev–Trinajstić information content (AvgIpc) is 2.96. The molecule has 1 N–H and O–H groups in total. The summed E-state index contributed by atoms with van der Waals surface area (Å²) >= 11 is 0. The standard InChI is InChI=1S/C17H29N5O/c1-17(2,3)7-4-15(23)21-9-5-13(6-10-21)16-20-19-14-12-18-8-11-22(14)16/h13,18H,4-12H2,1-3H3. The first-order valence-corrected chi connectivity index (χ1v) is 8.84. The van der Waals surface area contributed by atoms with Crippen molar-refractivity contribution in [2.24, 2.45) is 5.41 Å². The molecular formula is C17H29N5O. The minimum atomic E-state index is 0.225. The topological polar surface area (TPSA) is 63.1 Å². The highest BCUT2D eigenvalue weighted by Crippen LogP contribution is 2.29. The number of rotatable bonds is 3. The molecule has 128 valence electrons. The van der Waals surface area contributed by atoms with Gasteiger partial charge >= 0.3 is 0 Å². The van der Waals surface area contributed by atoms with E-state index in [2.05, 4.69) is 40.9 Å². The summed E-state index contributed by atoms with van der Waals surface area (Å²) in [4.78, 5) is 14.4. The van der Waals surface area contributed by atoms with Gasteiger partial charge < -0.3 is 14.8 Å². The number of piperidine rings is 1. The van der Waals surface area contributed by atoms with Gasteiger partial charge in [-0.1, -0.05) is 20.8 Å². The molecule has 0 aromatic carbocycles. The van der Waals surface area contributed by atoms with Crippen molar-refractivity contribution in [3.8, 4) is 0 Å². The monoisotopic (exact) mass is 319 g/mol. The SMILES string of the molecule is CC(C)(C)CCC(=O)N1CCC(c2nnc3n2CCNC3)CC1. The van der Waals surface area contributed by atoms with Gasteiger partial charge in [0.2, 0.25) is 5.91 Å². The van der Waals surface area contributed by atoms with E-state index >= 15 is 0 Å². The Hall–Kier alpha value is -1.43. The summed E-state index contributed by atoms with van der Waals surface area (Å²) in [5.74, 6) is 2.94. The lowest BCUT2D eigenvalue weighted by Crippen LogP contribution is -2.39. The van der Waals surface area contributed by atoms with Crippen molar-refractivity contribution >= 4 is 5.91 Å². The Morgan fingerprint density at radius 3 is 2.65 bits per heavy atom. The molecule has 0 radical (unpaired) electrons. The molecule has 23 heavy (non-hydrogen) atoms. The van der Waals surface area contributed by atoms with Crippen LogP contribution in [0.1, 0.15) is 64.0 Å². The summed E-state index contributed by atoms with van der Waals surface area (Å²) in [5, 5.41) is 12.1. The minimum absolute atomic E-state index is 0.225. The highest BCUT2D eigenvalue weighted by atomic mass is 16.2. The molecule has 6 heteroatoms. The zero-order valence-corrected chi connectivity index (χ0v) is 14.6. The molecule has 1 fully saturated rings.